The van der Waals surface area contributed by atoms with Gasteiger partial charge in [0.15, 0.2) is 6.61 Å². The quantitative estimate of drug-likeness (QED) is 0.339. The van der Waals surface area contributed by atoms with Gasteiger partial charge in [-0.3, -0.25) is 14.9 Å². The lowest BCUT2D eigenvalue weighted by Gasteiger charge is -2.36. The van der Waals surface area contributed by atoms with Crippen molar-refractivity contribution in [2.24, 2.45) is 11.8 Å². The smallest absolute Gasteiger partial charge is 0.387 e. The van der Waals surface area contributed by atoms with Crippen molar-refractivity contribution in [3.63, 3.8) is 0 Å². The number of esters is 1. The summed E-state index contributed by atoms with van der Waals surface area (Å²) in [4.78, 5) is 37.6. The molecule has 0 spiro atoms. The number of hydrogen-bond acceptors (Lipinski definition) is 7. The van der Waals surface area contributed by atoms with Crippen LogP contribution in [0.2, 0.25) is 0 Å². The topological polar surface area (TPSA) is 111 Å². The third kappa shape index (κ3) is 6.40. The minimum atomic E-state index is -3.08. The van der Waals surface area contributed by atoms with E-state index in [0.717, 1.165) is 12.5 Å². The van der Waals surface area contributed by atoms with Crippen LogP contribution in [0.1, 0.15) is 30.6 Å². The van der Waals surface area contributed by atoms with Crippen molar-refractivity contribution in [1.29, 1.82) is 0 Å². The van der Waals surface area contributed by atoms with Crippen LogP contribution in [0, 0.1) is 22.0 Å². The molecule has 2 aromatic carbocycles. The van der Waals surface area contributed by atoms with Crippen LogP contribution in [0.3, 0.4) is 0 Å². The van der Waals surface area contributed by atoms with Gasteiger partial charge in [-0.05, 0) is 42.5 Å². The van der Waals surface area contributed by atoms with Crippen molar-refractivity contribution in [3.05, 3.63) is 58.1 Å². The average molecular weight is 477 g/mol. The standard InChI is InChI=1S/C23H25F2N3O6/c1-14-9-15(2)12-27(11-14)18-8-7-16(10-19(18)28(31)32)22(30)33-13-21(29)26-17-5-3-4-6-20(17)34-23(24)25/h3-8,10,14-15,23H,9,11-13H2,1-2H3,(H,26,29). The van der Waals surface area contributed by atoms with Gasteiger partial charge in [0.05, 0.1) is 16.2 Å². The number of alkyl halides is 2. The molecular weight excluding hydrogens is 452 g/mol. The number of anilines is 2. The number of carbonyl (C=O) groups is 2. The summed E-state index contributed by atoms with van der Waals surface area (Å²) in [7, 11) is 0. The summed E-state index contributed by atoms with van der Waals surface area (Å²) in [6, 6.07) is 9.61. The molecule has 1 heterocycles. The Bertz CT molecular complexity index is 1050. The zero-order chi connectivity index (χ0) is 24.8. The first-order valence-electron chi connectivity index (χ1n) is 10.7. The average Bonchev–Trinajstić information content (AvgIpc) is 2.77. The van der Waals surface area contributed by atoms with Crippen molar-refractivity contribution in [1.82, 2.24) is 0 Å². The highest BCUT2D eigenvalue weighted by atomic mass is 19.3. The van der Waals surface area contributed by atoms with Crippen LogP contribution in [0.4, 0.5) is 25.8 Å². The normalized spacial score (nSPS) is 17.9. The number of ether oxygens (including phenoxy) is 2. The largest absolute Gasteiger partial charge is 0.452 e. The number of nitrogens with zero attached hydrogens (tertiary/aromatic N) is 2. The second-order valence-electron chi connectivity index (χ2n) is 8.31. The number of nitrogens with one attached hydrogen (secondary N) is 1. The second kappa shape index (κ2) is 10.9. The number of carbonyl (C=O) groups excluding carboxylic acids is 2. The van der Waals surface area contributed by atoms with E-state index in [-0.39, 0.29) is 22.7 Å². The van der Waals surface area contributed by atoms with Crippen LogP contribution < -0.4 is 15.0 Å². The molecule has 1 saturated heterocycles. The van der Waals surface area contributed by atoms with Crippen molar-refractivity contribution in [3.8, 4) is 5.75 Å². The molecule has 1 aliphatic rings. The minimum Gasteiger partial charge on any atom is -0.452 e. The van der Waals surface area contributed by atoms with Crippen LogP contribution in [-0.2, 0) is 9.53 Å². The lowest BCUT2D eigenvalue weighted by atomic mass is 9.91. The number of amides is 1. The highest BCUT2D eigenvalue weighted by molar-refractivity contribution is 5.97. The van der Waals surface area contributed by atoms with Crippen molar-refractivity contribution in [2.75, 3.05) is 29.9 Å². The molecule has 1 amide bonds. The molecule has 1 N–H and O–H groups in total. The molecule has 0 bridgehead atoms. The number of para-hydroxylation sites is 2. The lowest BCUT2D eigenvalue weighted by molar-refractivity contribution is -0.384. The van der Waals surface area contributed by atoms with Crippen molar-refractivity contribution < 1.29 is 32.8 Å². The molecule has 0 aliphatic carbocycles. The van der Waals surface area contributed by atoms with Crippen LogP contribution >= 0.6 is 0 Å². The first kappa shape index (κ1) is 24.9. The summed E-state index contributed by atoms with van der Waals surface area (Å²) in [5, 5.41) is 14.0. The number of halogens is 2. The Morgan fingerprint density at radius 2 is 1.85 bits per heavy atom. The SMILES string of the molecule is CC1CC(C)CN(c2ccc(C(=O)OCC(=O)Nc3ccccc3OC(F)F)cc2[N+](=O)[O-])C1. The monoisotopic (exact) mass is 477 g/mol. The summed E-state index contributed by atoms with van der Waals surface area (Å²) in [6.45, 7) is 1.72. The van der Waals surface area contributed by atoms with Gasteiger partial charge in [0, 0.05) is 19.2 Å². The van der Waals surface area contributed by atoms with Crippen LogP contribution in [0.25, 0.3) is 0 Å². The van der Waals surface area contributed by atoms with Gasteiger partial charge >= 0.3 is 12.6 Å². The van der Waals surface area contributed by atoms with Gasteiger partial charge in [-0.25, -0.2) is 4.79 Å². The molecule has 11 heteroatoms. The van der Waals surface area contributed by atoms with E-state index in [9.17, 15) is 28.5 Å². The highest BCUT2D eigenvalue weighted by Crippen LogP contribution is 2.34. The Labute approximate surface area is 194 Å². The van der Waals surface area contributed by atoms with Crippen molar-refractivity contribution in [2.45, 2.75) is 26.9 Å². The Morgan fingerprint density at radius 3 is 2.50 bits per heavy atom. The third-order valence-electron chi connectivity index (χ3n) is 5.33. The van der Waals surface area contributed by atoms with E-state index >= 15 is 0 Å². The van der Waals surface area contributed by atoms with Crippen LogP contribution in [0.5, 0.6) is 5.75 Å². The number of hydrogen-bond donors (Lipinski definition) is 1. The van der Waals surface area contributed by atoms with E-state index in [1.807, 2.05) is 4.90 Å². The lowest BCUT2D eigenvalue weighted by Crippen LogP contribution is -2.39. The highest BCUT2D eigenvalue weighted by Gasteiger charge is 2.28. The first-order valence-corrected chi connectivity index (χ1v) is 10.7. The molecule has 1 fully saturated rings. The molecule has 182 valence electrons. The van der Waals surface area contributed by atoms with E-state index in [2.05, 4.69) is 23.9 Å². The molecule has 0 radical (unpaired) electrons. The van der Waals surface area contributed by atoms with Gasteiger partial charge < -0.3 is 19.7 Å². The van der Waals surface area contributed by atoms with Crippen LogP contribution in [0.15, 0.2) is 42.5 Å². The second-order valence-corrected chi connectivity index (χ2v) is 8.31. The van der Waals surface area contributed by atoms with E-state index in [1.54, 1.807) is 0 Å². The molecule has 3 rings (SSSR count). The van der Waals surface area contributed by atoms with E-state index in [0.29, 0.717) is 30.6 Å². The Balaban J connectivity index is 1.67. The van der Waals surface area contributed by atoms with E-state index in [4.69, 9.17) is 4.74 Å². The van der Waals surface area contributed by atoms with E-state index in [1.165, 1.54) is 36.4 Å². The van der Waals surface area contributed by atoms with Gasteiger partial charge in [0.1, 0.15) is 11.4 Å². The minimum absolute atomic E-state index is 0.0196. The summed E-state index contributed by atoms with van der Waals surface area (Å²) in [6.07, 6.45) is 1.04. The summed E-state index contributed by atoms with van der Waals surface area (Å²) in [5.74, 6) is -1.21. The molecule has 34 heavy (non-hydrogen) atoms. The van der Waals surface area contributed by atoms with Gasteiger partial charge in [0.25, 0.3) is 11.6 Å². The van der Waals surface area contributed by atoms with Gasteiger partial charge in [-0.2, -0.15) is 8.78 Å². The fraction of sp³-hybridized carbons (Fsp3) is 0.391. The zero-order valence-corrected chi connectivity index (χ0v) is 18.7. The van der Waals surface area contributed by atoms with Crippen LogP contribution in [-0.4, -0.2) is 43.1 Å². The Kier molecular flexibility index (Phi) is 7.98. The first-order chi connectivity index (χ1) is 16.1. The summed E-state index contributed by atoms with van der Waals surface area (Å²) >= 11 is 0. The Morgan fingerprint density at radius 1 is 1.18 bits per heavy atom. The van der Waals surface area contributed by atoms with Gasteiger partial charge in [0.2, 0.25) is 0 Å². The molecule has 2 atom stereocenters. The molecule has 2 unspecified atom stereocenters. The summed E-state index contributed by atoms with van der Waals surface area (Å²) < 4.78 is 34.3. The zero-order valence-electron chi connectivity index (χ0n) is 18.7. The fourth-order valence-electron chi connectivity index (χ4n) is 4.09. The number of nitro benzene ring substituents is 1. The molecule has 0 aromatic heterocycles. The van der Waals surface area contributed by atoms with Gasteiger partial charge in [-0.1, -0.05) is 26.0 Å². The molecule has 1 aliphatic heterocycles. The number of rotatable bonds is 8. The number of piperidine rings is 1. The molecule has 0 saturated carbocycles. The van der Waals surface area contributed by atoms with E-state index < -0.39 is 30.0 Å². The van der Waals surface area contributed by atoms with Gasteiger partial charge in [-0.15, -0.1) is 0 Å². The number of nitro groups is 1. The maximum absolute atomic E-state index is 12.5. The summed E-state index contributed by atoms with van der Waals surface area (Å²) in [5.41, 5.74) is 0.100. The van der Waals surface area contributed by atoms with Crippen molar-refractivity contribution >= 4 is 28.9 Å². The molecular formula is C23H25F2N3O6. The molecule has 2 aromatic rings. The molecule has 9 nitrogen and oxygen atoms in total. The third-order valence-corrected chi connectivity index (χ3v) is 5.33. The Hall–Kier alpha value is -3.76. The maximum Gasteiger partial charge on any atom is 0.387 e. The fourth-order valence-corrected chi connectivity index (χ4v) is 4.09. The predicted octanol–water partition coefficient (Wildman–Crippen LogP) is 4.47. The number of benzene rings is 2. The maximum atomic E-state index is 12.5. The predicted molar refractivity (Wildman–Crippen MR) is 120 cm³/mol.